The molecule has 7 nitrogen and oxygen atoms in total. The van der Waals surface area contributed by atoms with Crippen molar-refractivity contribution in [2.45, 2.75) is 39.8 Å². The highest BCUT2D eigenvalue weighted by atomic mass is 16.2. The Balaban J connectivity index is 1.67. The average molecular weight is 378 g/mol. The summed E-state index contributed by atoms with van der Waals surface area (Å²) in [5.74, 6) is 0.305. The predicted octanol–water partition coefficient (Wildman–Crippen LogP) is 3.77. The van der Waals surface area contributed by atoms with Crippen LogP contribution in [0.4, 0.5) is 11.4 Å². The summed E-state index contributed by atoms with van der Waals surface area (Å²) in [6.45, 7) is 9.14. The van der Waals surface area contributed by atoms with E-state index in [2.05, 4.69) is 46.4 Å². The molecular weight excluding hydrogens is 352 g/mol. The van der Waals surface area contributed by atoms with Crippen molar-refractivity contribution in [1.82, 2.24) is 20.2 Å². The monoisotopic (exact) mass is 378 g/mol. The number of benzene rings is 2. The van der Waals surface area contributed by atoms with Gasteiger partial charge in [0.1, 0.15) is 6.04 Å². The standard InChI is InChI=1S/C21H26N6O/c1-5-26(15(2)3)19-13-11-18(12-14-19)22-21(28)16(4)27-24-20(23-25-27)17-9-7-6-8-10-17/h6-16H,5H2,1-4H3,(H,22,28). The molecule has 146 valence electrons. The van der Waals surface area contributed by atoms with E-state index in [9.17, 15) is 4.79 Å². The molecule has 1 N–H and O–H groups in total. The first-order valence-electron chi connectivity index (χ1n) is 9.52. The van der Waals surface area contributed by atoms with Gasteiger partial charge in [-0.1, -0.05) is 30.3 Å². The molecule has 1 unspecified atom stereocenters. The Kier molecular flexibility index (Phi) is 6.03. The lowest BCUT2D eigenvalue weighted by atomic mass is 10.2. The molecule has 7 heteroatoms. The van der Waals surface area contributed by atoms with E-state index in [1.807, 2.05) is 54.6 Å². The fourth-order valence-electron chi connectivity index (χ4n) is 3.03. The van der Waals surface area contributed by atoms with Crippen molar-refractivity contribution in [2.75, 3.05) is 16.8 Å². The molecule has 28 heavy (non-hydrogen) atoms. The minimum atomic E-state index is -0.576. The number of hydrogen-bond donors (Lipinski definition) is 1. The second-order valence-corrected chi connectivity index (χ2v) is 6.89. The van der Waals surface area contributed by atoms with Crippen LogP contribution in [0.15, 0.2) is 54.6 Å². The third-order valence-corrected chi connectivity index (χ3v) is 4.62. The topological polar surface area (TPSA) is 75.9 Å². The molecule has 2 aromatic carbocycles. The number of nitrogens with one attached hydrogen (secondary N) is 1. The lowest BCUT2D eigenvalue weighted by molar-refractivity contribution is -0.119. The van der Waals surface area contributed by atoms with Crippen LogP contribution in [0.5, 0.6) is 0 Å². The molecule has 0 aliphatic heterocycles. The Morgan fingerprint density at radius 3 is 2.36 bits per heavy atom. The number of amides is 1. The molecule has 0 saturated heterocycles. The Morgan fingerprint density at radius 2 is 1.75 bits per heavy atom. The Hall–Kier alpha value is -3.22. The Labute approximate surface area is 165 Å². The molecule has 0 aliphatic carbocycles. The van der Waals surface area contributed by atoms with Crippen LogP contribution in [0, 0.1) is 0 Å². The second-order valence-electron chi connectivity index (χ2n) is 6.89. The van der Waals surface area contributed by atoms with E-state index in [1.54, 1.807) is 6.92 Å². The number of carbonyl (C=O) groups excluding carboxylic acids is 1. The number of aromatic nitrogens is 4. The fraction of sp³-hybridized carbons (Fsp3) is 0.333. The fourth-order valence-corrected chi connectivity index (χ4v) is 3.03. The SMILES string of the molecule is CCN(c1ccc(NC(=O)C(C)n2nnc(-c3ccccc3)n2)cc1)C(C)C. The van der Waals surface area contributed by atoms with Gasteiger partial charge in [-0.05, 0) is 57.2 Å². The summed E-state index contributed by atoms with van der Waals surface area (Å²) in [5, 5.41) is 15.3. The quantitative estimate of drug-likeness (QED) is 0.677. The first-order chi connectivity index (χ1) is 13.5. The van der Waals surface area contributed by atoms with Crippen molar-refractivity contribution in [2.24, 2.45) is 0 Å². The van der Waals surface area contributed by atoms with Gasteiger partial charge in [0.05, 0.1) is 0 Å². The van der Waals surface area contributed by atoms with Gasteiger partial charge < -0.3 is 10.2 Å². The highest BCUT2D eigenvalue weighted by molar-refractivity contribution is 5.93. The van der Waals surface area contributed by atoms with Crippen LogP contribution in [0.25, 0.3) is 11.4 Å². The van der Waals surface area contributed by atoms with E-state index in [-0.39, 0.29) is 5.91 Å². The van der Waals surface area contributed by atoms with Gasteiger partial charge in [0, 0.05) is 29.5 Å². The lowest BCUT2D eigenvalue weighted by Crippen LogP contribution is -2.30. The van der Waals surface area contributed by atoms with E-state index in [0.29, 0.717) is 11.9 Å². The van der Waals surface area contributed by atoms with Crippen LogP contribution < -0.4 is 10.2 Å². The average Bonchev–Trinajstić information content (AvgIpc) is 3.20. The number of tetrazole rings is 1. The molecule has 1 aromatic heterocycles. The Bertz CT molecular complexity index is 904. The number of rotatable bonds is 7. The highest BCUT2D eigenvalue weighted by Crippen LogP contribution is 2.21. The van der Waals surface area contributed by atoms with Gasteiger partial charge in [-0.2, -0.15) is 4.80 Å². The maximum atomic E-state index is 12.6. The summed E-state index contributed by atoms with van der Waals surface area (Å²) in [7, 11) is 0. The largest absolute Gasteiger partial charge is 0.369 e. The van der Waals surface area contributed by atoms with Crippen molar-refractivity contribution >= 4 is 17.3 Å². The molecule has 1 atom stereocenters. The van der Waals surface area contributed by atoms with Crippen LogP contribution in [0.2, 0.25) is 0 Å². The summed E-state index contributed by atoms with van der Waals surface area (Å²) in [6.07, 6.45) is 0. The summed E-state index contributed by atoms with van der Waals surface area (Å²) < 4.78 is 0. The van der Waals surface area contributed by atoms with Gasteiger partial charge in [0.15, 0.2) is 0 Å². The van der Waals surface area contributed by atoms with Gasteiger partial charge in [-0.3, -0.25) is 4.79 Å². The maximum absolute atomic E-state index is 12.6. The van der Waals surface area contributed by atoms with Gasteiger partial charge in [0.25, 0.3) is 5.91 Å². The Morgan fingerprint density at radius 1 is 1.07 bits per heavy atom. The highest BCUT2D eigenvalue weighted by Gasteiger charge is 2.19. The summed E-state index contributed by atoms with van der Waals surface area (Å²) in [4.78, 5) is 16.2. The number of carbonyl (C=O) groups is 1. The number of nitrogens with zero attached hydrogens (tertiary/aromatic N) is 5. The zero-order valence-electron chi connectivity index (χ0n) is 16.7. The van der Waals surface area contributed by atoms with Crippen molar-refractivity contribution in [3.05, 3.63) is 54.6 Å². The zero-order chi connectivity index (χ0) is 20.1. The van der Waals surface area contributed by atoms with E-state index in [4.69, 9.17) is 0 Å². The van der Waals surface area contributed by atoms with Crippen LogP contribution in [-0.2, 0) is 4.79 Å². The minimum Gasteiger partial charge on any atom is -0.369 e. The van der Waals surface area contributed by atoms with Gasteiger partial charge in [-0.25, -0.2) is 0 Å². The van der Waals surface area contributed by atoms with E-state index >= 15 is 0 Å². The van der Waals surface area contributed by atoms with Crippen LogP contribution in [-0.4, -0.2) is 38.7 Å². The maximum Gasteiger partial charge on any atom is 0.250 e. The first kappa shape index (κ1) is 19.5. The second kappa shape index (κ2) is 8.65. The molecule has 0 radical (unpaired) electrons. The van der Waals surface area contributed by atoms with Gasteiger partial charge in [-0.15, -0.1) is 10.2 Å². The third kappa shape index (κ3) is 4.36. The van der Waals surface area contributed by atoms with Crippen molar-refractivity contribution in [3.8, 4) is 11.4 Å². The lowest BCUT2D eigenvalue weighted by Gasteiger charge is -2.27. The minimum absolute atomic E-state index is 0.194. The number of anilines is 2. The van der Waals surface area contributed by atoms with E-state index < -0.39 is 6.04 Å². The van der Waals surface area contributed by atoms with Crippen molar-refractivity contribution in [1.29, 1.82) is 0 Å². The normalized spacial score (nSPS) is 12.0. The van der Waals surface area contributed by atoms with Crippen LogP contribution in [0.3, 0.4) is 0 Å². The van der Waals surface area contributed by atoms with Gasteiger partial charge in [0.2, 0.25) is 5.82 Å². The molecule has 1 heterocycles. The molecule has 0 fully saturated rings. The van der Waals surface area contributed by atoms with Crippen molar-refractivity contribution in [3.63, 3.8) is 0 Å². The first-order valence-corrected chi connectivity index (χ1v) is 9.52. The van der Waals surface area contributed by atoms with Crippen LogP contribution in [0.1, 0.15) is 33.7 Å². The third-order valence-electron chi connectivity index (χ3n) is 4.62. The summed E-state index contributed by atoms with van der Waals surface area (Å²) in [5.41, 5.74) is 2.74. The molecule has 0 bridgehead atoms. The molecule has 0 saturated carbocycles. The molecule has 0 spiro atoms. The molecular formula is C21H26N6O. The van der Waals surface area contributed by atoms with E-state index in [1.165, 1.54) is 4.80 Å². The molecule has 0 aliphatic rings. The predicted molar refractivity (Wildman–Crippen MR) is 111 cm³/mol. The molecule has 1 amide bonds. The van der Waals surface area contributed by atoms with Crippen LogP contribution >= 0.6 is 0 Å². The van der Waals surface area contributed by atoms with Crippen molar-refractivity contribution < 1.29 is 4.79 Å². The van der Waals surface area contributed by atoms with E-state index in [0.717, 1.165) is 23.5 Å². The smallest absolute Gasteiger partial charge is 0.250 e. The number of hydrogen-bond acceptors (Lipinski definition) is 5. The van der Waals surface area contributed by atoms with Gasteiger partial charge >= 0.3 is 0 Å². The summed E-state index contributed by atoms with van der Waals surface area (Å²) in [6, 6.07) is 17.3. The molecule has 3 aromatic rings. The molecule has 3 rings (SSSR count). The summed E-state index contributed by atoms with van der Waals surface area (Å²) >= 11 is 0. The zero-order valence-corrected chi connectivity index (χ0v) is 16.7.